The van der Waals surface area contributed by atoms with Crippen LogP contribution in [-0.2, 0) is 19.9 Å². The molecule has 7 nitrogen and oxygen atoms in total. The second-order valence-corrected chi connectivity index (χ2v) is 9.95. The Morgan fingerprint density at radius 2 is 2.00 bits per heavy atom. The van der Waals surface area contributed by atoms with Gasteiger partial charge in [0.1, 0.15) is 19.6 Å². The van der Waals surface area contributed by atoms with Crippen molar-refractivity contribution < 1.29 is 26.7 Å². The molecule has 1 aromatic heterocycles. The van der Waals surface area contributed by atoms with Gasteiger partial charge in [-0.3, -0.25) is 0 Å². The molecule has 0 spiro atoms. The normalized spacial score (nSPS) is 12.5. The summed E-state index contributed by atoms with van der Waals surface area (Å²) in [5, 5.41) is 8.77. The number of aromatic carboxylic acids is 1. The summed E-state index contributed by atoms with van der Waals surface area (Å²) >= 11 is 3.74. The van der Waals surface area contributed by atoms with Crippen LogP contribution < -0.4 is 4.72 Å². The molecule has 11 heteroatoms. The summed E-state index contributed by atoms with van der Waals surface area (Å²) in [5.74, 6) is -1.57. The Morgan fingerprint density at radius 1 is 1.42 bits per heavy atom. The molecule has 0 aliphatic carbocycles. The van der Waals surface area contributed by atoms with Crippen LogP contribution in [0.3, 0.4) is 0 Å². The molecule has 0 saturated carbocycles. The molecule has 0 bridgehead atoms. The van der Waals surface area contributed by atoms with Gasteiger partial charge in [0, 0.05) is 12.8 Å². The zero-order valence-corrected chi connectivity index (χ0v) is 13.6. The molecule has 0 aromatic carbocycles. The molecule has 0 unspecified atom stereocenters. The highest BCUT2D eigenvalue weighted by Gasteiger charge is 2.23. The molecule has 0 aliphatic rings. The van der Waals surface area contributed by atoms with Crippen LogP contribution in [0.25, 0.3) is 0 Å². The molecule has 19 heavy (non-hydrogen) atoms. The van der Waals surface area contributed by atoms with Crippen LogP contribution in [0.2, 0.25) is 0 Å². The predicted octanol–water partition coefficient (Wildman–Crippen LogP) is 0.532. The second-order valence-electron chi connectivity index (χ2n) is 3.58. The van der Waals surface area contributed by atoms with E-state index in [1.165, 1.54) is 0 Å². The third-order valence-corrected chi connectivity index (χ3v) is 6.57. The Hall–Kier alpha value is -0.490. The number of carboxylic acids is 1. The molecule has 2 N–H and O–H groups in total. The number of halogens is 1. The van der Waals surface area contributed by atoms with Crippen molar-refractivity contribution in [2.24, 2.45) is 0 Å². The number of sulfone groups is 1. The van der Waals surface area contributed by atoms with E-state index in [-0.39, 0.29) is 25.9 Å². The van der Waals surface area contributed by atoms with E-state index >= 15 is 0 Å². The lowest BCUT2D eigenvalue weighted by atomic mass is 10.5. The molecule has 0 saturated heterocycles. The first-order chi connectivity index (χ1) is 8.53. The van der Waals surface area contributed by atoms with Crippen LogP contribution in [0, 0.1) is 0 Å². The zero-order chi connectivity index (χ0) is 14.8. The lowest BCUT2D eigenvalue weighted by molar-refractivity contribution is 0.0702. The van der Waals surface area contributed by atoms with Gasteiger partial charge in [-0.25, -0.2) is 26.4 Å². The summed E-state index contributed by atoms with van der Waals surface area (Å²) in [5.41, 5.74) is 0. The Bertz CT molecular complexity index is 690. The van der Waals surface area contributed by atoms with Crippen molar-refractivity contribution in [3.8, 4) is 0 Å². The number of rotatable bonds is 6. The largest absolute Gasteiger partial charge is 0.477 e. The third-order valence-electron chi connectivity index (χ3n) is 1.92. The van der Waals surface area contributed by atoms with Gasteiger partial charge in [0.2, 0.25) is 10.0 Å². The first-order valence-electron chi connectivity index (χ1n) is 4.73. The van der Waals surface area contributed by atoms with Gasteiger partial charge in [0.25, 0.3) is 0 Å². The van der Waals surface area contributed by atoms with Crippen LogP contribution in [0.5, 0.6) is 0 Å². The molecule has 1 heterocycles. The van der Waals surface area contributed by atoms with E-state index in [0.29, 0.717) is 0 Å². The van der Waals surface area contributed by atoms with E-state index in [2.05, 4.69) is 20.7 Å². The van der Waals surface area contributed by atoms with Crippen molar-refractivity contribution in [2.75, 3.05) is 18.6 Å². The maximum absolute atomic E-state index is 11.9. The number of carbonyl (C=O) groups is 1. The van der Waals surface area contributed by atoms with Crippen LogP contribution in [-0.4, -0.2) is 46.5 Å². The number of thiophene rings is 1. The highest BCUT2D eigenvalue weighted by molar-refractivity contribution is 9.11. The van der Waals surface area contributed by atoms with Crippen molar-refractivity contribution in [3.63, 3.8) is 0 Å². The number of nitrogens with one attached hydrogen (secondary N) is 1. The van der Waals surface area contributed by atoms with Crippen molar-refractivity contribution in [3.05, 3.63) is 14.7 Å². The molecule has 108 valence electrons. The monoisotopic (exact) mass is 391 g/mol. The fourth-order valence-electron chi connectivity index (χ4n) is 1.08. The van der Waals surface area contributed by atoms with Gasteiger partial charge in [-0.05, 0) is 22.0 Å². The van der Waals surface area contributed by atoms with Crippen molar-refractivity contribution >= 4 is 53.1 Å². The van der Waals surface area contributed by atoms with E-state index in [1.807, 2.05) is 0 Å². The number of hydrogen-bond donors (Lipinski definition) is 2. The maximum Gasteiger partial charge on any atom is 0.345 e. The Balaban J connectivity index is 2.92. The van der Waals surface area contributed by atoms with Gasteiger partial charge in [-0.2, -0.15) is 0 Å². The van der Waals surface area contributed by atoms with Gasteiger partial charge >= 0.3 is 5.97 Å². The molecule has 0 radical (unpaired) electrons. The van der Waals surface area contributed by atoms with E-state index in [9.17, 15) is 21.6 Å². The SMILES string of the molecule is CS(=O)(=O)CCNS(=O)(=O)c1cc(C(=O)O)sc1Br. The highest BCUT2D eigenvalue weighted by Crippen LogP contribution is 2.31. The Kier molecular flexibility index (Phi) is 5.12. The Labute approximate surface area is 122 Å². The summed E-state index contributed by atoms with van der Waals surface area (Å²) in [4.78, 5) is 10.4. The average molecular weight is 392 g/mol. The lowest BCUT2D eigenvalue weighted by Gasteiger charge is -2.04. The third kappa shape index (κ3) is 4.84. The summed E-state index contributed by atoms with van der Waals surface area (Å²) < 4.78 is 47.7. The van der Waals surface area contributed by atoms with Crippen LogP contribution in [0.15, 0.2) is 14.7 Å². The summed E-state index contributed by atoms with van der Waals surface area (Å²) in [7, 11) is -7.22. The smallest absolute Gasteiger partial charge is 0.345 e. The molecule has 0 fully saturated rings. The summed E-state index contributed by atoms with van der Waals surface area (Å²) in [6, 6.07) is 1.01. The van der Waals surface area contributed by atoms with Crippen molar-refractivity contribution in [1.29, 1.82) is 0 Å². The minimum Gasteiger partial charge on any atom is -0.477 e. The predicted molar refractivity (Wildman–Crippen MR) is 73.9 cm³/mol. The fourth-order valence-corrected chi connectivity index (χ4v) is 5.11. The van der Waals surface area contributed by atoms with Gasteiger partial charge in [0.15, 0.2) is 0 Å². The van der Waals surface area contributed by atoms with E-state index in [1.54, 1.807) is 0 Å². The zero-order valence-electron chi connectivity index (χ0n) is 9.58. The van der Waals surface area contributed by atoms with Gasteiger partial charge in [-0.15, -0.1) is 11.3 Å². The molecule has 0 aliphatic heterocycles. The molecular formula is C8H10BrNO6S3. The van der Waals surface area contributed by atoms with Crippen LogP contribution in [0.1, 0.15) is 9.67 Å². The maximum atomic E-state index is 11.9. The molecule has 1 rings (SSSR count). The molecular weight excluding hydrogens is 382 g/mol. The van der Waals surface area contributed by atoms with Gasteiger partial charge in [-0.1, -0.05) is 0 Å². The van der Waals surface area contributed by atoms with Crippen LogP contribution in [0.4, 0.5) is 0 Å². The van der Waals surface area contributed by atoms with E-state index < -0.39 is 25.8 Å². The molecule has 0 atom stereocenters. The number of carboxylic acid groups (broad SMARTS) is 1. The van der Waals surface area contributed by atoms with Crippen LogP contribution >= 0.6 is 27.3 Å². The molecule has 1 aromatic rings. The first kappa shape index (κ1) is 16.6. The minimum atomic E-state index is -3.94. The first-order valence-corrected chi connectivity index (χ1v) is 9.88. The second kappa shape index (κ2) is 5.87. The van der Waals surface area contributed by atoms with Gasteiger partial charge in [0.05, 0.1) is 9.54 Å². The number of hydrogen-bond acceptors (Lipinski definition) is 6. The lowest BCUT2D eigenvalue weighted by Crippen LogP contribution is -2.28. The summed E-state index contributed by atoms with van der Waals surface area (Å²) in [6.45, 7) is -0.272. The minimum absolute atomic E-state index is 0.129. The van der Waals surface area contributed by atoms with E-state index in [0.717, 1.165) is 23.7 Å². The van der Waals surface area contributed by atoms with Crippen molar-refractivity contribution in [2.45, 2.75) is 4.90 Å². The average Bonchev–Trinajstić information content (AvgIpc) is 2.58. The number of sulfonamides is 1. The topological polar surface area (TPSA) is 118 Å². The highest BCUT2D eigenvalue weighted by atomic mass is 79.9. The fraction of sp³-hybridized carbons (Fsp3) is 0.375. The molecule has 0 amide bonds. The quantitative estimate of drug-likeness (QED) is 0.729. The van der Waals surface area contributed by atoms with E-state index in [4.69, 9.17) is 5.11 Å². The van der Waals surface area contributed by atoms with Crippen molar-refractivity contribution in [1.82, 2.24) is 4.72 Å². The summed E-state index contributed by atoms with van der Waals surface area (Å²) in [6.07, 6.45) is 0.990. The Morgan fingerprint density at radius 3 is 2.42 bits per heavy atom. The standard InChI is InChI=1S/C8H10BrNO6S3/c1-18(13,14)3-2-10-19(15,16)6-4-5(8(11)12)17-7(6)9/h4,10H,2-3H2,1H3,(H,11,12). The van der Waals surface area contributed by atoms with Gasteiger partial charge < -0.3 is 5.11 Å².